The van der Waals surface area contributed by atoms with E-state index in [9.17, 15) is 38.4 Å². The van der Waals surface area contributed by atoms with Crippen molar-refractivity contribution in [2.75, 3.05) is 24.6 Å². The molecule has 48 heavy (non-hydrogen) atoms. The van der Waals surface area contributed by atoms with Gasteiger partial charge in [-0.2, -0.15) is 25.3 Å². The van der Waals surface area contributed by atoms with Crippen LogP contribution in [0.4, 0.5) is 0 Å². The van der Waals surface area contributed by atoms with Crippen molar-refractivity contribution in [3.8, 4) is 0 Å². The van der Waals surface area contributed by atoms with Crippen molar-refractivity contribution >= 4 is 72.5 Å². The first-order valence-corrected chi connectivity index (χ1v) is 16.2. The second-order valence-electron chi connectivity index (χ2n) is 10.6. The molecule has 0 fully saturated rings. The maximum Gasteiger partial charge on any atom is 0.244 e. The summed E-state index contributed by atoms with van der Waals surface area (Å²) in [5, 5.41) is 14.6. The fourth-order valence-corrected chi connectivity index (χ4v) is 4.66. The third-order valence-electron chi connectivity index (χ3n) is 6.67. The monoisotopic (exact) mass is 715 g/mol. The Balaban J connectivity index is 2.95. The van der Waals surface area contributed by atoms with Crippen LogP contribution >= 0.6 is 25.3 Å². The van der Waals surface area contributed by atoms with Crippen LogP contribution in [0.15, 0.2) is 12.5 Å². The molecule has 0 saturated heterocycles. The van der Waals surface area contributed by atoms with E-state index in [1.165, 1.54) is 19.4 Å². The molecule has 0 radical (unpaired) electrons. The molecule has 1 aromatic rings. The molecule has 0 saturated carbocycles. The number of imidazole rings is 1. The van der Waals surface area contributed by atoms with Crippen LogP contribution in [0.25, 0.3) is 0 Å². The molecule has 0 aromatic carbocycles. The number of nitrogens with two attached hydrogens (primary N) is 3. The van der Waals surface area contributed by atoms with Crippen LogP contribution < -0.4 is 49.1 Å². The molecule has 268 valence electrons. The first-order valence-electron chi connectivity index (χ1n) is 14.9. The molecule has 8 amide bonds. The standard InChI is InChI=1S/C27H45N11O8S2/c1-14(39)34-19(11-47)26(45)37-18(8-15-9-31-13-33-15)24(43)32-10-22(41)35-17(5-6-21(29)40)25(44)38-20(12-48)27(46)36-16(23(30)42)4-2-3-7-28/h9,13,16-20,47-48H,2-8,10-12,28H2,1H3,(H2,29,40)(H2,30,42)(H,31,33)(H,32,43)(H,34,39)(H,35,41)(H,36,46)(H,37,45)(H,38,44)/t16-,17-,18-,19-,20-/m0/s1. The molecule has 1 heterocycles. The van der Waals surface area contributed by atoms with Crippen molar-refractivity contribution in [1.29, 1.82) is 0 Å². The Hall–Kier alpha value is -4.37. The molecule has 0 unspecified atom stereocenters. The van der Waals surface area contributed by atoms with E-state index in [1.54, 1.807) is 0 Å². The zero-order chi connectivity index (χ0) is 36.2. The van der Waals surface area contributed by atoms with Gasteiger partial charge in [0.15, 0.2) is 0 Å². The molecule has 0 bridgehead atoms. The number of aromatic amines is 1. The van der Waals surface area contributed by atoms with Crippen LogP contribution in [0.5, 0.6) is 0 Å². The minimum Gasteiger partial charge on any atom is -0.370 e. The van der Waals surface area contributed by atoms with Crippen molar-refractivity contribution in [2.45, 2.75) is 75.7 Å². The van der Waals surface area contributed by atoms with Crippen LogP contribution in [-0.4, -0.2) is 112 Å². The quantitative estimate of drug-likeness (QED) is 0.0379. The summed E-state index contributed by atoms with van der Waals surface area (Å²) in [6, 6.07) is -5.91. The lowest BCUT2D eigenvalue weighted by Gasteiger charge is -2.24. The highest BCUT2D eigenvalue weighted by Gasteiger charge is 2.30. The average Bonchev–Trinajstić information content (AvgIpc) is 3.55. The van der Waals surface area contributed by atoms with Crippen molar-refractivity contribution in [1.82, 2.24) is 41.9 Å². The lowest BCUT2D eigenvalue weighted by atomic mass is 10.1. The number of unbranched alkanes of at least 4 members (excludes halogenated alkanes) is 1. The molecule has 5 atom stereocenters. The Labute approximate surface area is 288 Å². The summed E-state index contributed by atoms with van der Waals surface area (Å²) in [4.78, 5) is 106. The second-order valence-corrected chi connectivity index (χ2v) is 11.3. The normalized spacial score (nSPS) is 13.8. The summed E-state index contributed by atoms with van der Waals surface area (Å²) in [6.07, 6.45) is 3.52. The highest BCUT2D eigenvalue weighted by Crippen LogP contribution is 2.04. The van der Waals surface area contributed by atoms with Gasteiger partial charge in [0.05, 0.1) is 12.9 Å². The first-order chi connectivity index (χ1) is 22.7. The Morgan fingerprint density at radius 3 is 1.88 bits per heavy atom. The fourth-order valence-electron chi connectivity index (χ4n) is 4.15. The predicted molar refractivity (Wildman–Crippen MR) is 179 cm³/mol. The van der Waals surface area contributed by atoms with Crippen molar-refractivity contribution in [2.24, 2.45) is 17.2 Å². The number of thiol groups is 2. The fraction of sp³-hybridized carbons (Fsp3) is 0.593. The number of carbonyl (C=O) groups is 8. The predicted octanol–water partition coefficient (Wildman–Crippen LogP) is -4.75. The lowest BCUT2D eigenvalue weighted by Crippen LogP contribution is -2.58. The number of carbonyl (C=O) groups excluding carboxylic acids is 8. The van der Waals surface area contributed by atoms with E-state index in [2.05, 4.69) is 67.1 Å². The van der Waals surface area contributed by atoms with Gasteiger partial charge in [0, 0.05) is 43.2 Å². The summed E-state index contributed by atoms with van der Waals surface area (Å²) in [5.74, 6) is -6.26. The maximum atomic E-state index is 13.1. The highest BCUT2D eigenvalue weighted by molar-refractivity contribution is 7.80. The zero-order valence-corrected chi connectivity index (χ0v) is 28.2. The van der Waals surface area contributed by atoms with Crippen molar-refractivity contribution in [3.05, 3.63) is 18.2 Å². The van der Waals surface area contributed by atoms with Gasteiger partial charge in [0.25, 0.3) is 0 Å². The first kappa shape index (κ1) is 41.7. The summed E-state index contributed by atoms with van der Waals surface area (Å²) in [6.45, 7) is 0.943. The smallest absolute Gasteiger partial charge is 0.244 e. The van der Waals surface area contributed by atoms with E-state index in [4.69, 9.17) is 17.2 Å². The van der Waals surface area contributed by atoms with Crippen molar-refractivity contribution < 1.29 is 38.4 Å². The van der Waals surface area contributed by atoms with Crippen LogP contribution in [-0.2, 0) is 44.8 Å². The zero-order valence-electron chi connectivity index (χ0n) is 26.5. The van der Waals surface area contributed by atoms with Gasteiger partial charge in [-0.1, -0.05) is 0 Å². The third-order valence-corrected chi connectivity index (χ3v) is 7.40. The number of aromatic nitrogens is 2. The van der Waals surface area contributed by atoms with E-state index in [0.717, 1.165) is 0 Å². The molecular formula is C27H45N11O8S2. The molecule has 0 spiro atoms. The number of primary amides is 2. The highest BCUT2D eigenvalue weighted by atomic mass is 32.1. The van der Waals surface area contributed by atoms with E-state index in [-0.39, 0.29) is 37.2 Å². The SMILES string of the molecule is CC(=O)N[C@@H](CS)C(=O)N[C@@H](Cc1cnc[nH]1)C(=O)NCC(=O)N[C@@H](CCC(N)=O)C(=O)N[C@@H](CS)C(=O)N[C@@H](CCCCN)C(N)=O. The molecule has 0 aliphatic carbocycles. The Bertz CT molecular complexity index is 1270. The minimum atomic E-state index is -1.37. The molecular weight excluding hydrogens is 670 g/mol. The van der Waals surface area contributed by atoms with Gasteiger partial charge in [0.1, 0.15) is 30.2 Å². The van der Waals surface area contributed by atoms with Crippen LogP contribution in [0.3, 0.4) is 0 Å². The van der Waals surface area contributed by atoms with Gasteiger partial charge in [-0.3, -0.25) is 38.4 Å². The van der Waals surface area contributed by atoms with E-state index in [0.29, 0.717) is 25.1 Å². The lowest BCUT2D eigenvalue weighted by molar-refractivity contribution is -0.134. The summed E-state index contributed by atoms with van der Waals surface area (Å²) in [5.41, 5.74) is 16.6. The average molecular weight is 716 g/mol. The number of amides is 8. The molecule has 0 aliphatic rings. The van der Waals surface area contributed by atoms with Gasteiger partial charge < -0.3 is 54.1 Å². The Morgan fingerprint density at radius 1 is 0.771 bits per heavy atom. The molecule has 19 nitrogen and oxygen atoms in total. The van der Waals surface area contributed by atoms with Gasteiger partial charge in [-0.15, -0.1) is 0 Å². The third kappa shape index (κ3) is 16.0. The van der Waals surface area contributed by atoms with Crippen LogP contribution in [0.2, 0.25) is 0 Å². The van der Waals surface area contributed by atoms with Crippen LogP contribution in [0.1, 0.15) is 44.7 Å². The Kier molecular flexibility index (Phi) is 19.3. The van der Waals surface area contributed by atoms with Crippen LogP contribution in [0, 0.1) is 0 Å². The minimum absolute atomic E-state index is 0.0565. The van der Waals surface area contributed by atoms with Gasteiger partial charge in [-0.05, 0) is 32.2 Å². The van der Waals surface area contributed by atoms with E-state index >= 15 is 0 Å². The molecule has 1 aromatic heterocycles. The number of hydrogen-bond acceptors (Lipinski definition) is 12. The number of nitrogens with one attached hydrogen (secondary N) is 7. The molecule has 13 N–H and O–H groups in total. The molecule has 1 rings (SSSR count). The number of H-pyrrole nitrogens is 1. The Morgan fingerprint density at radius 2 is 1.35 bits per heavy atom. The van der Waals surface area contributed by atoms with Gasteiger partial charge >= 0.3 is 0 Å². The summed E-state index contributed by atoms with van der Waals surface area (Å²) < 4.78 is 0. The summed E-state index contributed by atoms with van der Waals surface area (Å²) in [7, 11) is 0. The number of hydrogen-bond donors (Lipinski definition) is 12. The number of nitrogens with zero attached hydrogens (tertiary/aromatic N) is 1. The largest absolute Gasteiger partial charge is 0.370 e. The van der Waals surface area contributed by atoms with E-state index in [1.807, 2.05) is 0 Å². The molecule has 0 aliphatic heterocycles. The molecule has 21 heteroatoms. The van der Waals surface area contributed by atoms with E-state index < -0.39 is 84.0 Å². The van der Waals surface area contributed by atoms with Crippen molar-refractivity contribution in [3.63, 3.8) is 0 Å². The topological polar surface area (TPSA) is 315 Å². The number of rotatable bonds is 23. The summed E-state index contributed by atoms with van der Waals surface area (Å²) >= 11 is 8.16. The maximum absolute atomic E-state index is 13.1. The van der Waals surface area contributed by atoms with Gasteiger partial charge in [-0.25, -0.2) is 4.98 Å². The van der Waals surface area contributed by atoms with Gasteiger partial charge in [0.2, 0.25) is 47.3 Å². The second kappa shape index (κ2) is 22.2.